The summed E-state index contributed by atoms with van der Waals surface area (Å²) in [6.07, 6.45) is 2.13. The van der Waals surface area contributed by atoms with E-state index in [0.29, 0.717) is 24.6 Å². The van der Waals surface area contributed by atoms with E-state index in [0.717, 1.165) is 25.5 Å². The van der Waals surface area contributed by atoms with Crippen molar-refractivity contribution in [2.45, 2.75) is 32.4 Å². The zero-order valence-corrected chi connectivity index (χ0v) is 11.9. The summed E-state index contributed by atoms with van der Waals surface area (Å²) in [4.78, 5) is 2.16. The molecule has 1 heterocycles. The number of likely N-dealkylation sites (tertiary alicyclic amines) is 1. The van der Waals surface area contributed by atoms with Gasteiger partial charge in [0.1, 0.15) is 11.6 Å². The van der Waals surface area contributed by atoms with E-state index in [9.17, 15) is 8.78 Å². The summed E-state index contributed by atoms with van der Waals surface area (Å²) < 4.78 is 26.7. The second kappa shape index (κ2) is 7.17. The Labute approximate surface area is 119 Å². The molecule has 1 aromatic rings. The first-order valence-electron chi connectivity index (χ1n) is 6.48. The Kier molecular flexibility index (Phi) is 6.17. The van der Waals surface area contributed by atoms with Crippen LogP contribution >= 0.6 is 12.4 Å². The van der Waals surface area contributed by atoms with E-state index < -0.39 is 0 Å². The Balaban J connectivity index is 0.00000180. The third-order valence-electron chi connectivity index (χ3n) is 3.75. The maximum absolute atomic E-state index is 13.6. The first-order chi connectivity index (χ1) is 8.60. The number of nitrogens with two attached hydrogens (primary N) is 1. The second-order valence-corrected chi connectivity index (χ2v) is 5.23. The summed E-state index contributed by atoms with van der Waals surface area (Å²) >= 11 is 0. The van der Waals surface area contributed by atoms with E-state index in [1.165, 1.54) is 12.1 Å². The van der Waals surface area contributed by atoms with Crippen molar-refractivity contribution in [3.63, 3.8) is 0 Å². The normalized spacial score (nSPS) is 24.0. The summed E-state index contributed by atoms with van der Waals surface area (Å²) in [5.74, 6) is -0.0703. The van der Waals surface area contributed by atoms with Crippen LogP contribution in [0.15, 0.2) is 18.2 Å². The van der Waals surface area contributed by atoms with Crippen LogP contribution in [0.5, 0.6) is 0 Å². The molecule has 0 spiro atoms. The van der Waals surface area contributed by atoms with Gasteiger partial charge in [0.15, 0.2) is 0 Å². The molecular formula is C14H21ClF2N2. The lowest BCUT2D eigenvalue weighted by molar-refractivity contribution is 0.114. The van der Waals surface area contributed by atoms with Crippen LogP contribution in [0.2, 0.25) is 0 Å². The zero-order valence-electron chi connectivity index (χ0n) is 11.1. The molecular weight excluding hydrogens is 270 g/mol. The summed E-state index contributed by atoms with van der Waals surface area (Å²) in [6, 6.07) is 3.89. The Hall–Kier alpha value is -0.710. The van der Waals surface area contributed by atoms with Crippen LogP contribution in [-0.2, 0) is 6.54 Å². The fourth-order valence-corrected chi connectivity index (χ4v) is 2.64. The minimum atomic E-state index is -0.388. The van der Waals surface area contributed by atoms with E-state index in [4.69, 9.17) is 5.73 Å². The van der Waals surface area contributed by atoms with Gasteiger partial charge in [-0.2, -0.15) is 0 Å². The molecule has 1 fully saturated rings. The summed E-state index contributed by atoms with van der Waals surface area (Å²) in [6.45, 7) is 4.13. The van der Waals surface area contributed by atoms with E-state index in [-0.39, 0.29) is 30.1 Å². The average molecular weight is 291 g/mol. The molecule has 2 N–H and O–H groups in total. The van der Waals surface area contributed by atoms with Gasteiger partial charge in [0, 0.05) is 24.7 Å². The van der Waals surface area contributed by atoms with Crippen LogP contribution in [0.1, 0.15) is 25.3 Å². The van der Waals surface area contributed by atoms with Gasteiger partial charge in [-0.05, 0) is 43.5 Å². The van der Waals surface area contributed by atoms with Crippen LogP contribution in [-0.4, -0.2) is 24.0 Å². The van der Waals surface area contributed by atoms with Crippen molar-refractivity contribution in [1.82, 2.24) is 4.90 Å². The molecule has 0 aliphatic carbocycles. The highest BCUT2D eigenvalue weighted by Gasteiger charge is 2.25. The van der Waals surface area contributed by atoms with E-state index in [1.54, 1.807) is 0 Å². The van der Waals surface area contributed by atoms with Crippen LogP contribution in [0.3, 0.4) is 0 Å². The maximum atomic E-state index is 13.6. The molecule has 0 amide bonds. The number of halogens is 3. The quantitative estimate of drug-likeness (QED) is 0.927. The average Bonchev–Trinajstić information content (AvgIpc) is 2.36. The van der Waals surface area contributed by atoms with Gasteiger partial charge < -0.3 is 5.73 Å². The van der Waals surface area contributed by atoms with Crippen LogP contribution < -0.4 is 5.73 Å². The number of nitrogens with zero attached hydrogens (tertiary/aromatic N) is 1. The van der Waals surface area contributed by atoms with Crippen LogP contribution in [0, 0.1) is 17.6 Å². The molecule has 2 unspecified atom stereocenters. The molecule has 1 aromatic carbocycles. The van der Waals surface area contributed by atoms with Gasteiger partial charge >= 0.3 is 0 Å². The predicted molar refractivity (Wildman–Crippen MR) is 75.3 cm³/mol. The fraction of sp³-hybridized carbons (Fsp3) is 0.571. The topological polar surface area (TPSA) is 29.3 Å². The molecule has 2 atom stereocenters. The largest absolute Gasteiger partial charge is 0.329 e. The van der Waals surface area contributed by atoms with E-state index >= 15 is 0 Å². The third-order valence-corrected chi connectivity index (χ3v) is 3.75. The number of benzene rings is 1. The van der Waals surface area contributed by atoms with Crippen molar-refractivity contribution >= 4 is 12.4 Å². The highest BCUT2D eigenvalue weighted by Crippen LogP contribution is 2.24. The molecule has 0 saturated carbocycles. The molecule has 1 saturated heterocycles. The Morgan fingerprint density at radius 2 is 2.11 bits per heavy atom. The van der Waals surface area contributed by atoms with E-state index in [1.807, 2.05) is 0 Å². The monoisotopic (exact) mass is 290 g/mol. The maximum Gasteiger partial charge on any atom is 0.127 e. The predicted octanol–water partition coefficient (Wildman–Crippen LogP) is 2.95. The van der Waals surface area contributed by atoms with Gasteiger partial charge in [-0.15, -0.1) is 12.4 Å². The summed E-state index contributed by atoms with van der Waals surface area (Å²) in [5.41, 5.74) is 6.19. The smallest absolute Gasteiger partial charge is 0.127 e. The molecule has 0 radical (unpaired) electrons. The first-order valence-corrected chi connectivity index (χ1v) is 6.48. The molecule has 0 aromatic heterocycles. The van der Waals surface area contributed by atoms with Crippen LogP contribution in [0.25, 0.3) is 0 Å². The number of hydrogen-bond acceptors (Lipinski definition) is 2. The molecule has 1 aliphatic heterocycles. The van der Waals surface area contributed by atoms with Crippen LogP contribution in [0.4, 0.5) is 8.78 Å². The lowest BCUT2D eigenvalue weighted by Crippen LogP contribution is -2.45. The lowest BCUT2D eigenvalue weighted by atomic mass is 9.92. The highest BCUT2D eigenvalue weighted by molar-refractivity contribution is 5.85. The van der Waals surface area contributed by atoms with Crippen molar-refractivity contribution in [1.29, 1.82) is 0 Å². The SMILES string of the molecule is CC1CCN(Cc2cc(F)ccc2F)C(CN)C1.Cl. The van der Waals surface area contributed by atoms with Crippen molar-refractivity contribution in [3.05, 3.63) is 35.4 Å². The second-order valence-electron chi connectivity index (χ2n) is 5.23. The minimum Gasteiger partial charge on any atom is -0.329 e. The Bertz CT molecular complexity index is 414. The molecule has 1 aliphatic rings. The van der Waals surface area contributed by atoms with Crippen molar-refractivity contribution in [2.24, 2.45) is 11.7 Å². The fourth-order valence-electron chi connectivity index (χ4n) is 2.64. The standard InChI is InChI=1S/C14H20F2N2.ClH/c1-10-4-5-18(13(6-10)8-17)9-11-7-12(15)2-3-14(11)16;/h2-3,7,10,13H,4-6,8-9,17H2,1H3;1H. The van der Waals surface area contributed by atoms with Crippen molar-refractivity contribution in [3.8, 4) is 0 Å². The molecule has 2 rings (SSSR count). The van der Waals surface area contributed by atoms with Gasteiger partial charge in [0.25, 0.3) is 0 Å². The number of piperidine rings is 1. The van der Waals surface area contributed by atoms with Crippen molar-refractivity contribution in [2.75, 3.05) is 13.1 Å². The molecule has 108 valence electrons. The summed E-state index contributed by atoms with van der Waals surface area (Å²) in [5, 5.41) is 0. The van der Waals surface area contributed by atoms with Crippen molar-refractivity contribution < 1.29 is 8.78 Å². The highest BCUT2D eigenvalue weighted by atomic mass is 35.5. The van der Waals surface area contributed by atoms with Gasteiger partial charge in [0.2, 0.25) is 0 Å². The molecule has 5 heteroatoms. The summed E-state index contributed by atoms with van der Waals surface area (Å²) in [7, 11) is 0. The Morgan fingerprint density at radius 1 is 1.37 bits per heavy atom. The van der Waals surface area contributed by atoms with E-state index in [2.05, 4.69) is 11.8 Å². The molecule has 19 heavy (non-hydrogen) atoms. The van der Waals surface area contributed by atoms with Gasteiger partial charge in [-0.3, -0.25) is 4.90 Å². The molecule has 2 nitrogen and oxygen atoms in total. The first kappa shape index (κ1) is 16.3. The molecule has 0 bridgehead atoms. The lowest BCUT2D eigenvalue weighted by Gasteiger charge is -2.38. The number of rotatable bonds is 3. The minimum absolute atomic E-state index is 0. The Morgan fingerprint density at radius 3 is 2.79 bits per heavy atom. The van der Waals surface area contributed by atoms with Gasteiger partial charge in [0.05, 0.1) is 0 Å². The number of hydrogen-bond donors (Lipinski definition) is 1. The van der Waals surface area contributed by atoms with Gasteiger partial charge in [-0.25, -0.2) is 8.78 Å². The zero-order chi connectivity index (χ0) is 13.1. The van der Waals surface area contributed by atoms with Gasteiger partial charge in [-0.1, -0.05) is 6.92 Å². The third kappa shape index (κ3) is 4.13.